The Hall–Kier alpha value is -4.67. The number of ether oxygens (including phenoxy) is 2. The van der Waals surface area contributed by atoms with E-state index in [0.717, 1.165) is 16.7 Å². The molecule has 1 aliphatic rings. The Labute approximate surface area is 237 Å². The van der Waals surface area contributed by atoms with Gasteiger partial charge in [-0.15, -0.1) is 5.06 Å². The minimum absolute atomic E-state index is 0.00649. The highest BCUT2D eigenvalue weighted by molar-refractivity contribution is 7.91. The molecule has 0 amide bonds. The molecule has 1 unspecified atom stereocenters. The molecule has 0 bridgehead atoms. The monoisotopic (exact) mass is 573 g/mol. The van der Waals surface area contributed by atoms with Crippen molar-refractivity contribution in [1.29, 1.82) is 0 Å². The predicted octanol–water partition coefficient (Wildman–Crippen LogP) is 5.20. The van der Waals surface area contributed by atoms with Crippen LogP contribution in [0.5, 0.6) is 5.75 Å². The fourth-order valence-corrected chi connectivity index (χ4v) is 6.03. The van der Waals surface area contributed by atoms with Gasteiger partial charge in [0, 0.05) is 12.1 Å². The second kappa shape index (κ2) is 12.2. The van der Waals surface area contributed by atoms with Crippen LogP contribution < -0.4 is 4.74 Å². The molecule has 0 aliphatic carbocycles. The van der Waals surface area contributed by atoms with Crippen LogP contribution in [0.1, 0.15) is 28.3 Å². The molecule has 41 heavy (non-hydrogen) atoms. The number of carboxylic acid groups (broad SMARTS) is 1. The number of sulfone groups is 1. The molecule has 10 heteroatoms. The van der Waals surface area contributed by atoms with Crippen LogP contribution in [0.15, 0.2) is 113 Å². The minimum atomic E-state index is -3.93. The maximum Gasteiger partial charge on any atom is 0.528 e. The third-order valence-corrected chi connectivity index (χ3v) is 8.39. The van der Waals surface area contributed by atoms with Gasteiger partial charge in [-0.1, -0.05) is 72.8 Å². The fourth-order valence-electron chi connectivity index (χ4n) is 4.72. The molecule has 4 aromatic carbocycles. The Bertz CT molecular complexity index is 1640. The van der Waals surface area contributed by atoms with Crippen LogP contribution in [0.4, 0.5) is 4.79 Å². The molecule has 4 aromatic rings. The number of hydroxylamine groups is 2. The van der Waals surface area contributed by atoms with Crippen LogP contribution >= 0.6 is 0 Å². The van der Waals surface area contributed by atoms with Crippen molar-refractivity contribution in [2.75, 3.05) is 13.2 Å². The van der Waals surface area contributed by atoms with Gasteiger partial charge in [0.15, 0.2) is 6.61 Å². The Morgan fingerprint density at radius 1 is 0.829 bits per heavy atom. The molecule has 1 aliphatic heterocycles. The molecule has 1 atom stereocenters. The van der Waals surface area contributed by atoms with E-state index in [9.17, 15) is 23.1 Å². The lowest BCUT2D eigenvalue weighted by Gasteiger charge is -2.36. The van der Waals surface area contributed by atoms with Gasteiger partial charge in [-0.3, -0.25) is 0 Å². The minimum Gasteiger partial charge on any atom is -0.482 e. The summed E-state index contributed by atoms with van der Waals surface area (Å²) in [5, 5.41) is 10.7. The largest absolute Gasteiger partial charge is 0.528 e. The van der Waals surface area contributed by atoms with E-state index in [1.54, 1.807) is 18.2 Å². The van der Waals surface area contributed by atoms with E-state index < -0.39 is 34.6 Å². The molecule has 0 saturated heterocycles. The Kier molecular flexibility index (Phi) is 8.32. The van der Waals surface area contributed by atoms with Crippen LogP contribution in [0, 0.1) is 0 Å². The second-order valence-electron chi connectivity index (χ2n) is 9.31. The number of aliphatic carboxylic acids is 1. The highest BCUT2D eigenvalue weighted by Crippen LogP contribution is 2.41. The fraction of sp³-hybridized carbons (Fsp3) is 0.161. The Morgan fingerprint density at radius 2 is 1.51 bits per heavy atom. The Balaban J connectivity index is 1.54. The smallest absolute Gasteiger partial charge is 0.482 e. The summed E-state index contributed by atoms with van der Waals surface area (Å²) in [7, 11) is -3.93. The standard InChI is InChI=1S/C31H27NO8S/c33-29(34)21-38-28-16-15-25(41(36,37)24-12-5-2-6-13-24)19-27(28)30-26-14-8-7-11-23(26)17-18-32(30)40-31(35)39-20-22-9-3-1-4-10-22/h1-16,19,30H,17-18,20-21H2,(H,33,34). The molecule has 210 valence electrons. The molecular weight excluding hydrogens is 546 g/mol. The van der Waals surface area contributed by atoms with Crippen molar-refractivity contribution in [3.05, 3.63) is 125 Å². The zero-order valence-electron chi connectivity index (χ0n) is 21.9. The molecule has 5 rings (SSSR count). The molecule has 9 nitrogen and oxygen atoms in total. The van der Waals surface area contributed by atoms with E-state index >= 15 is 0 Å². The van der Waals surface area contributed by atoms with Gasteiger partial charge in [0.1, 0.15) is 12.4 Å². The average molecular weight is 574 g/mol. The van der Waals surface area contributed by atoms with Gasteiger partial charge in [-0.2, -0.15) is 0 Å². The predicted molar refractivity (Wildman–Crippen MR) is 148 cm³/mol. The summed E-state index contributed by atoms with van der Waals surface area (Å²) < 4.78 is 38.0. The SMILES string of the molecule is O=C(O)COc1ccc(S(=O)(=O)c2ccccc2)cc1C1c2ccccc2CCN1OC(=O)OCc1ccccc1. The molecule has 0 aromatic heterocycles. The van der Waals surface area contributed by atoms with Gasteiger partial charge < -0.3 is 19.4 Å². The lowest BCUT2D eigenvalue weighted by atomic mass is 9.89. The number of benzene rings is 4. The third kappa shape index (κ3) is 6.40. The zero-order valence-corrected chi connectivity index (χ0v) is 22.7. The van der Waals surface area contributed by atoms with Crippen molar-refractivity contribution >= 4 is 22.0 Å². The lowest BCUT2D eigenvalue weighted by molar-refractivity contribution is -0.152. The van der Waals surface area contributed by atoms with E-state index in [1.165, 1.54) is 35.4 Å². The van der Waals surface area contributed by atoms with Crippen molar-refractivity contribution in [2.24, 2.45) is 0 Å². The molecule has 0 saturated carbocycles. The van der Waals surface area contributed by atoms with Crippen LogP contribution in [-0.2, 0) is 37.2 Å². The van der Waals surface area contributed by atoms with Gasteiger partial charge in [-0.05, 0) is 53.4 Å². The molecule has 0 fully saturated rings. The number of hydrogen-bond acceptors (Lipinski definition) is 8. The quantitative estimate of drug-likeness (QED) is 0.270. The van der Waals surface area contributed by atoms with E-state index in [4.69, 9.17) is 14.3 Å². The second-order valence-corrected chi connectivity index (χ2v) is 11.3. The van der Waals surface area contributed by atoms with Crippen molar-refractivity contribution in [2.45, 2.75) is 28.9 Å². The van der Waals surface area contributed by atoms with Crippen LogP contribution in [0.2, 0.25) is 0 Å². The number of carbonyl (C=O) groups is 2. The number of carbonyl (C=O) groups excluding carboxylic acids is 1. The number of hydrogen-bond donors (Lipinski definition) is 1. The summed E-state index contributed by atoms with van der Waals surface area (Å²) >= 11 is 0. The maximum absolute atomic E-state index is 13.5. The van der Waals surface area contributed by atoms with Crippen LogP contribution in [0.3, 0.4) is 0 Å². The summed E-state index contributed by atoms with van der Waals surface area (Å²) in [6.07, 6.45) is -0.384. The van der Waals surface area contributed by atoms with Crippen molar-refractivity contribution in [3.8, 4) is 5.75 Å². The van der Waals surface area contributed by atoms with Crippen molar-refractivity contribution in [1.82, 2.24) is 5.06 Å². The topological polar surface area (TPSA) is 119 Å². The Morgan fingerprint density at radius 3 is 2.24 bits per heavy atom. The molecular formula is C31H27NO8S. The first-order chi connectivity index (χ1) is 19.8. The van der Waals surface area contributed by atoms with Crippen LogP contribution in [0.25, 0.3) is 0 Å². The normalized spacial score (nSPS) is 15.0. The number of carboxylic acids is 1. The average Bonchev–Trinajstić information content (AvgIpc) is 3.00. The van der Waals surface area contributed by atoms with Crippen LogP contribution in [-0.4, -0.2) is 43.9 Å². The van der Waals surface area contributed by atoms with Crippen molar-refractivity contribution in [3.63, 3.8) is 0 Å². The number of rotatable bonds is 9. The van der Waals surface area contributed by atoms with Gasteiger partial charge in [-0.25, -0.2) is 18.0 Å². The van der Waals surface area contributed by atoms with E-state index in [2.05, 4.69) is 0 Å². The van der Waals surface area contributed by atoms with E-state index in [1.807, 2.05) is 54.6 Å². The summed E-state index contributed by atoms with van der Waals surface area (Å²) in [6, 6.07) is 28.1. The zero-order chi connectivity index (χ0) is 28.8. The molecule has 0 spiro atoms. The molecule has 1 N–H and O–H groups in total. The van der Waals surface area contributed by atoms with Gasteiger partial charge >= 0.3 is 12.1 Å². The van der Waals surface area contributed by atoms with E-state index in [0.29, 0.717) is 12.0 Å². The maximum atomic E-state index is 13.5. The molecule has 1 heterocycles. The van der Waals surface area contributed by atoms with Gasteiger partial charge in [0.25, 0.3) is 0 Å². The molecule has 0 radical (unpaired) electrons. The first-order valence-corrected chi connectivity index (χ1v) is 14.3. The highest BCUT2D eigenvalue weighted by atomic mass is 32.2. The lowest BCUT2D eigenvalue weighted by Crippen LogP contribution is -2.38. The number of fused-ring (bicyclic) bond motifs is 1. The first-order valence-electron chi connectivity index (χ1n) is 12.8. The third-order valence-electron chi connectivity index (χ3n) is 6.62. The first kappa shape index (κ1) is 27.9. The van der Waals surface area contributed by atoms with Gasteiger partial charge in [0.05, 0.1) is 15.8 Å². The van der Waals surface area contributed by atoms with Crippen molar-refractivity contribution < 1.29 is 37.4 Å². The number of nitrogens with zero attached hydrogens (tertiary/aromatic N) is 1. The summed E-state index contributed by atoms with van der Waals surface area (Å²) in [5.74, 6) is -1.05. The van der Waals surface area contributed by atoms with Gasteiger partial charge in [0.2, 0.25) is 9.84 Å². The van der Waals surface area contributed by atoms with E-state index in [-0.39, 0.29) is 28.7 Å². The summed E-state index contributed by atoms with van der Waals surface area (Å²) in [5.41, 5.74) is 2.83. The summed E-state index contributed by atoms with van der Waals surface area (Å²) in [6.45, 7) is -0.366. The summed E-state index contributed by atoms with van der Waals surface area (Å²) in [4.78, 5) is 29.9. The highest BCUT2D eigenvalue weighted by Gasteiger charge is 2.35.